The average Bonchev–Trinajstić information content (AvgIpc) is 2.65. The van der Waals surface area contributed by atoms with Gasteiger partial charge in [0.05, 0.1) is 0 Å². The summed E-state index contributed by atoms with van der Waals surface area (Å²) in [5.74, 6) is 0.0726. The van der Waals surface area contributed by atoms with Gasteiger partial charge in [-0.3, -0.25) is 4.79 Å². The predicted octanol–water partition coefficient (Wildman–Crippen LogP) is 3.41. The molecule has 1 amide bonds. The van der Waals surface area contributed by atoms with Gasteiger partial charge in [-0.2, -0.15) is 0 Å². The molecule has 1 aromatic rings. The third-order valence-electron chi connectivity index (χ3n) is 2.33. The molecule has 0 radical (unpaired) electrons. The number of thiophene rings is 1. The normalized spacial score (nSPS) is 12.0. The smallest absolute Gasteiger partial charge is 0.247 e. The van der Waals surface area contributed by atoms with Crippen LogP contribution in [-0.4, -0.2) is 22.9 Å². The van der Waals surface area contributed by atoms with E-state index in [1.807, 2.05) is 56.2 Å². The highest BCUT2D eigenvalue weighted by Crippen LogP contribution is 2.15. The van der Waals surface area contributed by atoms with Gasteiger partial charge in [0, 0.05) is 23.0 Å². The molecular formula is C13H19NOS. The first-order valence-corrected chi connectivity index (χ1v) is 6.36. The molecule has 88 valence electrons. The summed E-state index contributed by atoms with van der Waals surface area (Å²) in [6, 6.07) is 3.98. The van der Waals surface area contributed by atoms with E-state index in [-0.39, 0.29) is 11.4 Å². The molecule has 1 heterocycles. The molecule has 0 unspecified atom stereocenters. The fourth-order valence-electron chi connectivity index (χ4n) is 1.59. The summed E-state index contributed by atoms with van der Waals surface area (Å²) in [4.78, 5) is 14.9. The lowest BCUT2D eigenvalue weighted by molar-refractivity contribution is -0.130. The van der Waals surface area contributed by atoms with Crippen LogP contribution in [-0.2, 0) is 4.79 Å². The second-order valence-corrected chi connectivity index (χ2v) is 5.58. The van der Waals surface area contributed by atoms with Gasteiger partial charge < -0.3 is 4.90 Å². The zero-order chi connectivity index (χ0) is 12.2. The molecule has 0 saturated heterocycles. The van der Waals surface area contributed by atoms with E-state index < -0.39 is 0 Å². The average molecular weight is 237 g/mol. The van der Waals surface area contributed by atoms with Crippen molar-refractivity contribution in [3.8, 4) is 0 Å². The maximum Gasteiger partial charge on any atom is 0.247 e. The fourth-order valence-corrected chi connectivity index (χ4v) is 2.21. The minimum absolute atomic E-state index is 0.0726. The molecule has 16 heavy (non-hydrogen) atoms. The van der Waals surface area contributed by atoms with Crippen molar-refractivity contribution in [3.05, 3.63) is 28.5 Å². The minimum Gasteiger partial charge on any atom is -0.335 e. The summed E-state index contributed by atoms with van der Waals surface area (Å²) < 4.78 is 0. The van der Waals surface area contributed by atoms with E-state index in [0.717, 1.165) is 11.4 Å². The molecule has 0 aliphatic heterocycles. The first-order valence-electron chi connectivity index (χ1n) is 5.48. The molecule has 0 spiro atoms. The van der Waals surface area contributed by atoms with Crippen molar-refractivity contribution in [2.75, 3.05) is 6.54 Å². The van der Waals surface area contributed by atoms with Gasteiger partial charge in [-0.1, -0.05) is 6.07 Å². The Hall–Kier alpha value is -1.09. The van der Waals surface area contributed by atoms with Crippen molar-refractivity contribution >= 4 is 23.3 Å². The SMILES string of the molecule is CCN(C(=O)/C=C/c1cccs1)C(C)(C)C. The Bertz CT molecular complexity index is 360. The quantitative estimate of drug-likeness (QED) is 0.738. The lowest BCUT2D eigenvalue weighted by Gasteiger charge is -2.33. The molecular weight excluding hydrogens is 218 g/mol. The molecule has 1 aromatic heterocycles. The summed E-state index contributed by atoms with van der Waals surface area (Å²) in [7, 11) is 0. The number of nitrogens with zero attached hydrogens (tertiary/aromatic N) is 1. The second-order valence-electron chi connectivity index (χ2n) is 4.60. The predicted molar refractivity (Wildman–Crippen MR) is 70.5 cm³/mol. The highest BCUT2D eigenvalue weighted by molar-refractivity contribution is 7.10. The maximum absolute atomic E-state index is 12.0. The molecule has 0 aliphatic rings. The molecule has 0 aliphatic carbocycles. The van der Waals surface area contributed by atoms with Crippen LogP contribution in [0.1, 0.15) is 32.6 Å². The zero-order valence-electron chi connectivity index (χ0n) is 10.4. The number of hydrogen-bond donors (Lipinski definition) is 0. The van der Waals surface area contributed by atoms with Crippen LogP contribution < -0.4 is 0 Å². The Labute approximate surface area is 102 Å². The summed E-state index contributed by atoms with van der Waals surface area (Å²) in [5, 5.41) is 2.01. The molecule has 0 saturated carbocycles. The number of rotatable bonds is 3. The van der Waals surface area contributed by atoms with E-state index in [1.54, 1.807) is 17.4 Å². The van der Waals surface area contributed by atoms with Crippen molar-refractivity contribution in [1.82, 2.24) is 4.90 Å². The third-order valence-corrected chi connectivity index (χ3v) is 3.16. The van der Waals surface area contributed by atoms with Crippen LogP contribution in [0.2, 0.25) is 0 Å². The van der Waals surface area contributed by atoms with Crippen molar-refractivity contribution in [1.29, 1.82) is 0 Å². The molecule has 2 nitrogen and oxygen atoms in total. The molecule has 0 bridgehead atoms. The standard InChI is InChI=1S/C13H19NOS/c1-5-14(13(2,3)4)12(15)9-8-11-7-6-10-16-11/h6-10H,5H2,1-4H3/b9-8+. The summed E-state index contributed by atoms with van der Waals surface area (Å²) in [6.45, 7) is 8.88. The van der Waals surface area contributed by atoms with Crippen LogP contribution in [0.15, 0.2) is 23.6 Å². The summed E-state index contributed by atoms with van der Waals surface area (Å²) in [6.07, 6.45) is 3.53. The second kappa shape index (κ2) is 5.30. The van der Waals surface area contributed by atoms with Crippen LogP contribution >= 0.6 is 11.3 Å². The van der Waals surface area contributed by atoms with Gasteiger partial charge in [0.1, 0.15) is 0 Å². The van der Waals surface area contributed by atoms with Crippen LogP contribution in [0.4, 0.5) is 0 Å². The van der Waals surface area contributed by atoms with Crippen molar-refractivity contribution in [3.63, 3.8) is 0 Å². The zero-order valence-corrected chi connectivity index (χ0v) is 11.2. The van der Waals surface area contributed by atoms with E-state index in [4.69, 9.17) is 0 Å². The lowest BCUT2D eigenvalue weighted by Crippen LogP contribution is -2.44. The van der Waals surface area contributed by atoms with Crippen LogP contribution in [0.5, 0.6) is 0 Å². The van der Waals surface area contributed by atoms with E-state index >= 15 is 0 Å². The Kier molecular flexibility index (Phi) is 4.30. The van der Waals surface area contributed by atoms with Gasteiger partial charge in [0.25, 0.3) is 0 Å². The lowest BCUT2D eigenvalue weighted by atomic mass is 10.1. The van der Waals surface area contributed by atoms with Crippen molar-refractivity contribution < 1.29 is 4.79 Å². The van der Waals surface area contributed by atoms with Crippen molar-refractivity contribution in [2.45, 2.75) is 33.2 Å². The summed E-state index contributed by atoms with van der Waals surface area (Å²) in [5.41, 5.74) is -0.119. The first-order chi connectivity index (χ1) is 7.45. The number of carbonyl (C=O) groups excluding carboxylic acids is 1. The Morgan fingerprint density at radius 2 is 2.19 bits per heavy atom. The van der Waals surface area contributed by atoms with Crippen LogP contribution in [0.25, 0.3) is 6.08 Å². The highest BCUT2D eigenvalue weighted by Gasteiger charge is 2.22. The van der Waals surface area contributed by atoms with Crippen LogP contribution in [0.3, 0.4) is 0 Å². The fraction of sp³-hybridized carbons (Fsp3) is 0.462. The molecule has 0 fully saturated rings. The minimum atomic E-state index is -0.119. The topological polar surface area (TPSA) is 20.3 Å². The van der Waals surface area contributed by atoms with Gasteiger partial charge in [-0.25, -0.2) is 0 Å². The number of carbonyl (C=O) groups is 1. The van der Waals surface area contributed by atoms with Gasteiger partial charge in [-0.15, -0.1) is 11.3 Å². The first kappa shape index (κ1) is 13.0. The van der Waals surface area contributed by atoms with Gasteiger partial charge in [-0.05, 0) is 45.2 Å². The number of hydrogen-bond acceptors (Lipinski definition) is 2. The van der Waals surface area contributed by atoms with Gasteiger partial charge in [0.15, 0.2) is 0 Å². The van der Waals surface area contributed by atoms with Crippen molar-refractivity contribution in [2.24, 2.45) is 0 Å². The molecule has 3 heteroatoms. The Balaban J connectivity index is 2.71. The third kappa shape index (κ3) is 3.49. The number of likely N-dealkylation sites (N-methyl/N-ethyl adjacent to an activating group) is 1. The van der Waals surface area contributed by atoms with E-state index in [0.29, 0.717) is 0 Å². The molecule has 0 aromatic carbocycles. The largest absolute Gasteiger partial charge is 0.335 e. The molecule has 0 atom stereocenters. The molecule has 1 rings (SSSR count). The monoisotopic (exact) mass is 237 g/mol. The Morgan fingerprint density at radius 3 is 2.62 bits per heavy atom. The Morgan fingerprint density at radius 1 is 1.50 bits per heavy atom. The molecule has 0 N–H and O–H groups in total. The van der Waals surface area contributed by atoms with E-state index in [1.165, 1.54) is 0 Å². The highest BCUT2D eigenvalue weighted by atomic mass is 32.1. The van der Waals surface area contributed by atoms with Gasteiger partial charge in [0.2, 0.25) is 5.91 Å². The summed E-state index contributed by atoms with van der Waals surface area (Å²) >= 11 is 1.63. The number of amides is 1. The maximum atomic E-state index is 12.0. The van der Waals surface area contributed by atoms with E-state index in [2.05, 4.69) is 0 Å². The van der Waals surface area contributed by atoms with Gasteiger partial charge >= 0.3 is 0 Å². The van der Waals surface area contributed by atoms with E-state index in [9.17, 15) is 4.79 Å². The van der Waals surface area contributed by atoms with Crippen LogP contribution in [0, 0.1) is 0 Å².